The summed E-state index contributed by atoms with van der Waals surface area (Å²) >= 11 is 1.28. The molecule has 4 nitrogen and oxygen atoms in total. The van der Waals surface area contributed by atoms with Crippen LogP contribution in [0, 0.1) is 11.7 Å². The van der Waals surface area contributed by atoms with Crippen LogP contribution in [0.1, 0.15) is 23.3 Å². The Kier molecular flexibility index (Phi) is 8.62. The molecule has 0 saturated carbocycles. The minimum absolute atomic E-state index is 0. The first kappa shape index (κ1) is 20.8. The summed E-state index contributed by atoms with van der Waals surface area (Å²) in [4.78, 5) is 16.4. The maximum Gasteiger partial charge on any atom is 0.270 e. The molecule has 1 aliphatic heterocycles. The highest BCUT2D eigenvalue weighted by molar-refractivity contribution is 7.13. The number of thiazole rings is 1. The van der Waals surface area contributed by atoms with E-state index in [2.05, 4.69) is 15.6 Å². The Morgan fingerprint density at radius 2 is 2.17 bits per heavy atom. The second-order valence-electron chi connectivity index (χ2n) is 5.44. The number of carbonyl (C=O) groups excluding carboxylic acids is 1. The van der Waals surface area contributed by atoms with Gasteiger partial charge in [0.1, 0.15) is 16.5 Å². The van der Waals surface area contributed by atoms with Gasteiger partial charge in [0.05, 0.1) is 0 Å². The van der Waals surface area contributed by atoms with E-state index in [1.54, 1.807) is 23.6 Å². The molecule has 0 aliphatic carbocycles. The summed E-state index contributed by atoms with van der Waals surface area (Å²) in [6.07, 6.45) is 2.28. The third kappa shape index (κ3) is 5.14. The monoisotopic (exact) mass is 391 g/mol. The van der Waals surface area contributed by atoms with Crippen LogP contribution in [0.5, 0.6) is 0 Å². The van der Waals surface area contributed by atoms with Crippen LogP contribution in [0.25, 0.3) is 10.6 Å². The van der Waals surface area contributed by atoms with Crippen molar-refractivity contribution < 1.29 is 9.18 Å². The summed E-state index contributed by atoms with van der Waals surface area (Å²) in [6.45, 7) is 2.65. The molecule has 2 aromatic rings. The van der Waals surface area contributed by atoms with Gasteiger partial charge in [0.15, 0.2) is 0 Å². The molecule has 1 aliphatic rings. The van der Waals surface area contributed by atoms with Crippen molar-refractivity contribution in [1.29, 1.82) is 0 Å². The first-order valence-corrected chi connectivity index (χ1v) is 8.31. The van der Waals surface area contributed by atoms with Crippen molar-refractivity contribution in [3.05, 3.63) is 41.2 Å². The van der Waals surface area contributed by atoms with E-state index in [0.717, 1.165) is 25.9 Å². The third-order valence-corrected chi connectivity index (χ3v) is 4.67. The molecule has 2 N–H and O–H groups in total. The number of carbonyl (C=O) groups is 1. The van der Waals surface area contributed by atoms with Gasteiger partial charge in [-0.1, -0.05) is 12.1 Å². The van der Waals surface area contributed by atoms with E-state index in [0.29, 0.717) is 28.7 Å². The minimum atomic E-state index is -0.322. The molecule has 1 unspecified atom stereocenters. The Labute approximate surface area is 157 Å². The maximum absolute atomic E-state index is 13.7. The van der Waals surface area contributed by atoms with Gasteiger partial charge in [-0.25, -0.2) is 9.37 Å². The van der Waals surface area contributed by atoms with Gasteiger partial charge in [0.2, 0.25) is 0 Å². The van der Waals surface area contributed by atoms with Crippen molar-refractivity contribution in [2.24, 2.45) is 5.92 Å². The van der Waals surface area contributed by atoms with Gasteiger partial charge in [0, 0.05) is 17.5 Å². The Bertz CT molecular complexity index is 662. The maximum atomic E-state index is 13.7. The number of aromatic nitrogens is 1. The molecule has 2 heterocycles. The number of benzene rings is 1. The standard InChI is InChI=1S/C16H18FN3OS.2ClH/c17-13-6-2-1-5-12(13)16-20-14(10-22-16)15(21)19-9-11-4-3-7-18-8-11;;/h1-2,5-6,10-11,18H,3-4,7-9H2,(H,19,21);2*1H. The van der Waals surface area contributed by atoms with Gasteiger partial charge < -0.3 is 10.6 Å². The summed E-state index contributed by atoms with van der Waals surface area (Å²) in [5.74, 6) is -0.0381. The fraction of sp³-hybridized carbons (Fsp3) is 0.375. The van der Waals surface area contributed by atoms with Crippen molar-refractivity contribution in [2.75, 3.05) is 19.6 Å². The highest BCUT2D eigenvalue weighted by Crippen LogP contribution is 2.26. The zero-order chi connectivity index (χ0) is 15.4. The number of nitrogens with zero attached hydrogens (tertiary/aromatic N) is 1. The number of hydrogen-bond donors (Lipinski definition) is 2. The molecule has 1 atom stereocenters. The molecule has 1 aromatic carbocycles. The zero-order valence-electron chi connectivity index (χ0n) is 13.0. The molecule has 24 heavy (non-hydrogen) atoms. The molecule has 3 rings (SSSR count). The van der Waals surface area contributed by atoms with Crippen molar-refractivity contribution >= 4 is 42.1 Å². The van der Waals surface area contributed by atoms with Crippen LogP contribution in [0.2, 0.25) is 0 Å². The van der Waals surface area contributed by atoms with Gasteiger partial charge in [-0.15, -0.1) is 36.2 Å². The molecule has 8 heteroatoms. The zero-order valence-corrected chi connectivity index (χ0v) is 15.4. The van der Waals surface area contributed by atoms with E-state index in [1.165, 1.54) is 17.4 Å². The molecule has 0 spiro atoms. The molecule has 1 saturated heterocycles. The highest BCUT2D eigenvalue weighted by Gasteiger charge is 2.17. The second kappa shape index (κ2) is 9.93. The summed E-state index contributed by atoms with van der Waals surface area (Å²) in [5, 5.41) is 8.45. The molecule has 0 radical (unpaired) electrons. The first-order valence-electron chi connectivity index (χ1n) is 7.43. The molecule has 1 amide bonds. The third-order valence-electron chi connectivity index (χ3n) is 3.79. The lowest BCUT2D eigenvalue weighted by molar-refractivity contribution is 0.0940. The summed E-state index contributed by atoms with van der Waals surface area (Å²) in [6, 6.07) is 6.46. The Morgan fingerprint density at radius 3 is 2.88 bits per heavy atom. The fourth-order valence-electron chi connectivity index (χ4n) is 2.56. The quantitative estimate of drug-likeness (QED) is 0.837. The summed E-state index contributed by atoms with van der Waals surface area (Å²) in [5.41, 5.74) is 0.787. The highest BCUT2D eigenvalue weighted by atomic mass is 35.5. The lowest BCUT2D eigenvalue weighted by Gasteiger charge is -2.22. The van der Waals surface area contributed by atoms with Crippen molar-refractivity contribution in [2.45, 2.75) is 12.8 Å². The average Bonchev–Trinajstić information content (AvgIpc) is 3.04. The van der Waals surface area contributed by atoms with Crippen LogP contribution in [-0.2, 0) is 0 Å². The number of halogens is 3. The lowest BCUT2D eigenvalue weighted by Crippen LogP contribution is -2.38. The molecule has 1 aromatic heterocycles. The smallest absolute Gasteiger partial charge is 0.270 e. The number of nitrogens with one attached hydrogen (secondary N) is 2. The number of hydrogen-bond acceptors (Lipinski definition) is 4. The van der Waals surface area contributed by atoms with Crippen molar-refractivity contribution in [3.63, 3.8) is 0 Å². The first-order chi connectivity index (χ1) is 10.7. The molecular weight excluding hydrogens is 372 g/mol. The average molecular weight is 392 g/mol. The summed E-state index contributed by atoms with van der Waals surface area (Å²) in [7, 11) is 0. The van der Waals surface area contributed by atoms with Gasteiger partial charge in [0.25, 0.3) is 5.91 Å². The van der Waals surface area contributed by atoms with Crippen LogP contribution in [0.4, 0.5) is 4.39 Å². The van der Waals surface area contributed by atoms with E-state index in [-0.39, 0.29) is 36.5 Å². The molecular formula is C16H20Cl2FN3OS. The van der Waals surface area contributed by atoms with Gasteiger partial charge in [-0.05, 0) is 44.0 Å². The van der Waals surface area contributed by atoms with Crippen molar-refractivity contribution in [1.82, 2.24) is 15.6 Å². The predicted molar refractivity (Wildman–Crippen MR) is 99.9 cm³/mol. The summed E-state index contributed by atoms with van der Waals surface area (Å²) < 4.78 is 13.7. The number of rotatable bonds is 4. The minimum Gasteiger partial charge on any atom is -0.350 e. The lowest BCUT2D eigenvalue weighted by atomic mass is 10.00. The van der Waals surface area contributed by atoms with E-state index < -0.39 is 0 Å². The second-order valence-corrected chi connectivity index (χ2v) is 6.30. The normalized spacial score (nSPS) is 16.6. The number of amides is 1. The van der Waals surface area contributed by atoms with E-state index in [9.17, 15) is 9.18 Å². The van der Waals surface area contributed by atoms with E-state index in [4.69, 9.17) is 0 Å². The van der Waals surface area contributed by atoms with E-state index in [1.807, 2.05) is 0 Å². The van der Waals surface area contributed by atoms with Gasteiger partial charge in [-0.2, -0.15) is 0 Å². The van der Waals surface area contributed by atoms with Crippen LogP contribution in [0.3, 0.4) is 0 Å². The van der Waals surface area contributed by atoms with Crippen LogP contribution >= 0.6 is 36.2 Å². The predicted octanol–water partition coefficient (Wildman–Crippen LogP) is 3.52. The van der Waals surface area contributed by atoms with Gasteiger partial charge in [-0.3, -0.25) is 4.79 Å². The Hall–Kier alpha value is -1.21. The Morgan fingerprint density at radius 1 is 1.38 bits per heavy atom. The fourth-order valence-corrected chi connectivity index (χ4v) is 3.39. The largest absolute Gasteiger partial charge is 0.350 e. The Balaban J connectivity index is 0.00000144. The van der Waals surface area contributed by atoms with Crippen LogP contribution in [-0.4, -0.2) is 30.5 Å². The topological polar surface area (TPSA) is 54.0 Å². The van der Waals surface area contributed by atoms with Gasteiger partial charge >= 0.3 is 0 Å². The SMILES string of the molecule is Cl.Cl.O=C(NCC1CCCNC1)c1csc(-c2ccccc2F)n1. The number of piperidine rings is 1. The van der Waals surface area contributed by atoms with Crippen LogP contribution in [0.15, 0.2) is 29.6 Å². The van der Waals surface area contributed by atoms with Crippen LogP contribution < -0.4 is 10.6 Å². The van der Waals surface area contributed by atoms with E-state index >= 15 is 0 Å². The molecule has 0 bridgehead atoms. The molecule has 132 valence electrons. The molecule has 1 fully saturated rings. The van der Waals surface area contributed by atoms with Crippen molar-refractivity contribution in [3.8, 4) is 10.6 Å².